The van der Waals surface area contributed by atoms with Crippen molar-refractivity contribution < 1.29 is 4.79 Å². The Balaban J connectivity index is 1.86. The summed E-state index contributed by atoms with van der Waals surface area (Å²) in [4.78, 5) is 12.5. The molecule has 4 rings (SSSR count). The molecule has 2 aromatic carbocycles. The molecule has 3 aromatic rings. The van der Waals surface area contributed by atoms with E-state index in [0.29, 0.717) is 11.4 Å². The van der Waals surface area contributed by atoms with Gasteiger partial charge in [-0.2, -0.15) is 5.10 Å². The average molecular weight is 409 g/mol. The fourth-order valence-corrected chi connectivity index (χ4v) is 3.60. The highest BCUT2D eigenvalue weighted by Gasteiger charge is 2.27. The Hall–Kier alpha value is -3.19. The number of nitrogens with one attached hydrogen (secondary N) is 1. The van der Waals surface area contributed by atoms with Crippen molar-refractivity contribution in [3.8, 4) is 11.3 Å². The van der Waals surface area contributed by atoms with Crippen molar-refractivity contribution in [1.29, 1.82) is 0 Å². The van der Waals surface area contributed by atoms with Gasteiger partial charge < -0.3 is 5.32 Å². The van der Waals surface area contributed by atoms with Gasteiger partial charge in [-0.3, -0.25) is 4.68 Å². The van der Waals surface area contributed by atoms with Gasteiger partial charge in [0.2, 0.25) is 0 Å². The molecule has 148 valence electrons. The summed E-state index contributed by atoms with van der Waals surface area (Å²) in [6.07, 6.45) is 2.55. The predicted octanol–water partition coefficient (Wildman–Crippen LogP) is 3.47. The summed E-state index contributed by atoms with van der Waals surface area (Å²) in [5, 5.41) is 17.8. The first-order valence-corrected chi connectivity index (χ1v) is 9.69. The summed E-state index contributed by atoms with van der Waals surface area (Å²) in [7, 11) is 3.45. The molecular formula is C21H21ClN6O. The molecule has 0 radical (unpaired) electrons. The van der Waals surface area contributed by atoms with E-state index in [2.05, 4.69) is 21.7 Å². The number of nitrogens with zero attached hydrogens (tertiary/aromatic N) is 5. The number of carbonyl (C=O) groups is 1. The lowest BCUT2D eigenvalue weighted by molar-refractivity contribution is 0.184. The van der Waals surface area contributed by atoms with Gasteiger partial charge in [0.25, 0.3) is 0 Å². The third-order valence-electron chi connectivity index (χ3n) is 4.94. The number of amides is 2. The summed E-state index contributed by atoms with van der Waals surface area (Å²) < 4.78 is 1.68. The minimum Gasteiger partial charge on any atom is -0.340 e. The number of hydrogen-bond acceptors (Lipinski definition) is 4. The second-order valence-corrected chi connectivity index (χ2v) is 7.49. The quantitative estimate of drug-likeness (QED) is 0.705. The molecule has 1 N–H and O–H groups in total. The lowest BCUT2D eigenvalue weighted by atomic mass is 9.92. The Morgan fingerprint density at radius 3 is 2.55 bits per heavy atom. The first-order valence-electron chi connectivity index (χ1n) is 9.31. The third-order valence-corrected chi connectivity index (χ3v) is 5.19. The van der Waals surface area contributed by atoms with Gasteiger partial charge in [0.1, 0.15) is 5.69 Å². The number of aromatic nitrogens is 3. The van der Waals surface area contributed by atoms with E-state index in [-0.39, 0.29) is 12.1 Å². The van der Waals surface area contributed by atoms with Crippen LogP contribution in [0, 0.1) is 0 Å². The van der Waals surface area contributed by atoms with E-state index in [0.717, 1.165) is 33.7 Å². The molecule has 0 aliphatic carbocycles. The van der Waals surface area contributed by atoms with Crippen LogP contribution in [0.2, 0.25) is 5.02 Å². The number of fused-ring (bicyclic) bond motifs is 1. The fourth-order valence-electron chi connectivity index (χ4n) is 3.48. The summed E-state index contributed by atoms with van der Waals surface area (Å²) in [5.74, 6) is 0. The Morgan fingerprint density at radius 1 is 1.17 bits per heavy atom. The largest absolute Gasteiger partial charge is 0.340 e. The fraction of sp³-hybridized carbons (Fsp3) is 0.238. The van der Waals surface area contributed by atoms with Crippen LogP contribution < -0.4 is 5.32 Å². The monoisotopic (exact) mass is 408 g/mol. The zero-order chi connectivity index (χ0) is 20.5. The molecule has 1 aromatic heterocycles. The van der Waals surface area contributed by atoms with Crippen LogP contribution in [0.4, 0.5) is 4.79 Å². The van der Waals surface area contributed by atoms with Crippen molar-refractivity contribution >= 4 is 23.3 Å². The zero-order valence-corrected chi connectivity index (χ0v) is 17.2. The average Bonchev–Trinajstić information content (AvgIpc) is 3.09. The number of benzene rings is 2. The standard InChI is InChI=1S/C21H21ClN6O/c1-13-10-16-11-15(19-12-27(3)26-24-19)6-9-18(16)20(25-28(13)21(29)23-2)14-4-7-17(22)8-5-14/h4-9,11-13H,10H2,1-3H3,(H,23,29). The molecule has 29 heavy (non-hydrogen) atoms. The molecule has 8 heteroatoms. The van der Waals surface area contributed by atoms with Crippen LogP contribution in [0.3, 0.4) is 0 Å². The van der Waals surface area contributed by atoms with Gasteiger partial charge in [0.05, 0.1) is 18.0 Å². The van der Waals surface area contributed by atoms with Crippen LogP contribution in [-0.4, -0.2) is 44.8 Å². The molecule has 0 spiro atoms. The van der Waals surface area contributed by atoms with E-state index in [9.17, 15) is 4.79 Å². The highest BCUT2D eigenvalue weighted by Crippen LogP contribution is 2.28. The first kappa shape index (κ1) is 19.1. The minimum atomic E-state index is -0.245. The predicted molar refractivity (Wildman–Crippen MR) is 113 cm³/mol. The third kappa shape index (κ3) is 3.73. The lowest BCUT2D eigenvalue weighted by Gasteiger charge is -2.22. The van der Waals surface area contributed by atoms with E-state index in [1.165, 1.54) is 5.01 Å². The van der Waals surface area contributed by atoms with E-state index < -0.39 is 0 Å². The normalized spacial score (nSPS) is 16.1. The number of aryl methyl sites for hydroxylation is 1. The summed E-state index contributed by atoms with van der Waals surface area (Å²) in [6.45, 7) is 1.99. The molecule has 1 aliphatic heterocycles. The number of carbonyl (C=O) groups excluding carboxylic acids is 1. The number of rotatable bonds is 2. The van der Waals surface area contributed by atoms with Crippen molar-refractivity contribution in [3.05, 3.63) is 70.4 Å². The van der Waals surface area contributed by atoms with E-state index in [4.69, 9.17) is 16.7 Å². The van der Waals surface area contributed by atoms with Crippen LogP contribution in [0.25, 0.3) is 11.3 Å². The highest BCUT2D eigenvalue weighted by atomic mass is 35.5. The SMILES string of the molecule is CNC(=O)N1N=C(c2ccc(Cl)cc2)c2ccc(-c3cn(C)nn3)cc2CC1C. The number of hydrogen-bond donors (Lipinski definition) is 1. The molecule has 1 atom stereocenters. The summed E-state index contributed by atoms with van der Waals surface area (Å²) in [6, 6.07) is 13.3. The Kier molecular flexibility index (Phi) is 5.07. The van der Waals surface area contributed by atoms with Gasteiger partial charge in [0.15, 0.2) is 0 Å². The van der Waals surface area contributed by atoms with Crippen molar-refractivity contribution in [2.24, 2.45) is 12.1 Å². The van der Waals surface area contributed by atoms with Gasteiger partial charge in [-0.25, -0.2) is 9.80 Å². The van der Waals surface area contributed by atoms with Crippen LogP contribution in [0.1, 0.15) is 23.6 Å². The van der Waals surface area contributed by atoms with Gasteiger partial charge in [0, 0.05) is 35.8 Å². The zero-order valence-electron chi connectivity index (χ0n) is 16.4. The molecule has 1 aliphatic rings. The van der Waals surface area contributed by atoms with Gasteiger partial charge in [-0.1, -0.05) is 41.1 Å². The Morgan fingerprint density at radius 2 is 1.90 bits per heavy atom. The molecule has 0 saturated heterocycles. The molecule has 0 saturated carbocycles. The maximum absolute atomic E-state index is 12.5. The summed E-state index contributed by atoms with van der Waals surface area (Å²) in [5.41, 5.74) is 5.49. The van der Waals surface area contributed by atoms with E-state index in [1.54, 1.807) is 11.7 Å². The van der Waals surface area contributed by atoms with Crippen LogP contribution >= 0.6 is 11.6 Å². The highest BCUT2D eigenvalue weighted by molar-refractivity contribution is 6.30. The maximum atomic E-state index is 12.5. The molecule has 2 heterocycles. The molecule has 0 fully saturated rings. The van der Waals surface area contributed by atoms with E-state index in [1.807, 2.05) is 56.6 Å². The molecule has 1 unspecified atom stereocenters. The van der Waals surface area contributed by atoms with Gasteiger partial charge in [-0.15, -0.1) is 5.10 Å². The van der Waals surface area contributed by atoms with Crippen molar-refractivity contribution in [1.82, 2.24) is 25.3 Å². The lowest BCUT2D eigenvalue weighted by Crippen LogP contribution is -2.41. The van der Waals surface area contributed by atoms with Crippen molar-refractivity contribution in [2.75, 3.05) is 7.05 Å². The second-order valence-electron chi connectivity index (χ2n) is 7.06. The van der Waals surface area contributed by atoms with Gasteiger partial charge >= 0.3 is 6.03 Å². The first-order chi connectivity index (χ1) is 14.0. The molecule has 2 amide bonds. The number of hydrazone groups is 1. The van der Waals surface area contributed by atoms with E-state index >= 15 is 0 Å². The Labute approximate surface area is 174 Å². The van der Waals surface area contributed by atoms with Crippen LogP contribution in [0.5, 0.6) is 0 Å². The van der Waals surface area contributed by atoms with Crippen LogP contribution in [0.15, 0.2) is 53.8 Å². The second kappa shape index (κ2) is 7.67. The number of halogens is 1. The topological polar surface area (TPSA) is 75.4 Å². The smallest absolute Gasteiger partial charge is 0.337 e. The van der Waals surface area contributed by atoms with Crippen molar-refractivity contribution in [2.45, 2.75) is 19.4 Å². The maximum Gasteiger partial charge on any atom is 0.337 e. The molecule has 7 nitrogen and oxygen atoms in total. The molecular weight excluding hydrogens is 388 g/mol. The number of urea groups is 1. The van der Waals surface area contributed by atoms with Crippen molar-refractivity contribution in [3.63, 3.8) is 0 Å². The van der Waals surface area contributed by atoms with Gasteiger partial charge in [-0.05, 0) is 37.1 Å². The minimum absolute atomic E-state index is 0.115. The molecule has 0 bridgehead atoms. The van der Waals surface area contributed by atoms with Crippen LogP contribution in [-0.2, 0) is 13.5 Å². The summed E-state index contributed by atoms with van der Waals surface area (Å²) >= 11 is 6.07. The Bertz CT molecular complexity index is 1090.